The second-order valence-electron chi connectivity index (χ2n) is 4.91. The molecule has 6 nitrogen and oxygen atoms in total. The minimum absolute atomic E-state index is 0.134. The molecular weight excluding hydrogens is 252 g/mol. The molecule has 2 heterocycles. The van der Waals surface area contributed by atoms with Gasteiger partial charge < -0.3 is 10.2 Å². The van der Waals surface area contributed by atoms with Gasteiger partial charge in [-0.25, -0.2) is 4.98 Å². The minimum atomic E-state index is -0.361. The summed E-state index contributed by atoms with van der Waals surface area (Å²) in [6.45, 7) is 2.01. The van der Waals surface area contributed by atoms with Gasteiger partial charge in [0, 0.05) is 18.6 Å². The Balaban J connectivity index is 1.73. The Kier molecular flexibility index (Phi) is 3.17. The third-order valence-corrected chi connectivity index (χ3v) is 4.46. The zero-order valence-corrected chi connectivity index (χ0v) is 10.9. The number of hydrogen-bond donors (Lipinski definition) is 1. The number of hydrogen-bond acceptors (Lipinski definition) is 6. The fourth-order valence-electron chi connectivity index (χ4n) is 2.39. The summed E-state index contributed by atoms with van der Waals surface area (Å²) < 4.78 is 0. The molecule has 18 heavy (non-hydrogen) atoms. The third kappa shape index (κ3) is 2.46. The lowest BCUT2D eigenvalue weighted by atomic mass is 10.2. The number of nitro groups is 1. The van der Waals surface area contributed by atoms with E-state index in [4.69, 9.17) is 0 Å². The van der Waals surface area contributed by atoms with Crippen molar-refractivity contribution in [3.63, 3.8) is 0 Å². The lowest BCUT2D eigenvalue weighted by Crippen LogP contribution is -2.38. The van der Waals surface area contributed by atoms with Crippen LogP contribution in [0.2, 0.25) is 0 Å². The van der Waals surface area contributed by atoms with Crippen molar-refractivity contribution >= 4 is 21.5 Å². The highest BCUT2D eigenvalue weighted by Crippen LogP contribution is 2.36. The van der Waals surface area contributed by atoms with Crippen LogP contribution in [0.5, 0.6) is 0 Å². The fourth-order valence-corrected chi connectivity index (χ4v) is 3.21. The van der Waals surface area contributed by atoms with Crippen molar-refractivity contribution in [2.75, 3.05) is 18.0 Å². The van der Waals surface area contributed by atoms with E-state index in [-0.39, 0.29) is 9.92 Å². The molecule has 1 aliphatic carbocycles. The molecule has 1 aromatic rings. The average Bonchev–Trinajstić information content (AvgIpc) is 2.88. The molecule has 2 fully saturated rings. The van der Waals surface area contributed by atoms with Crippen LogP contribution in [0, 0.1) is 10.1 Å². The predicted molar refractivity (Wildman–Crippen MR) is 70.2 cm³/mol. The Hall–Kier alpha value is -1.21. The van der Waals surface area contributed by atoms with Crippen molar-refractivity contribution in [3.05, 3.63) is 16.3 Å². The SMILES string of the molecule is O=[N+]([O-])c1cnc(N(CC2CCCN2)C2CC2)s1. The quantitative estimate of drug-likeness (QED) is 0.651. The summed E-state index contributed by atoms with van der Waals surface area (Å²) in [4.78, 5) is 16.8. The summed E-state index contributed by atoms with van der Waals surface area (Å²) >= 11 is 1.19. The van der Waals surface area contributed by atoms with Gasteiger partial charge in [0.15, 0.2) is 5.13 Å². The number of nitrogens with one attached hydrogen (secondary N) is 1. The van der Waals surface area contributed by atoms with Gasteiger partial charge >= 0.3 is 5.00 Å². The molecule has 7 heteroatoms. The van der Waals surface area contributed by atoms with Gasteiger partial charge in [0.1, 0.15) is 6.20 Å². The maximum atomic E-state index is 10.7. The molecule has 1 saturated heterocycles. The summed E-state index contributed by atoms with van der Waals surface area (Å²) in [6, 6.07) is 1.05. The molecule has 0 radical (unpaired) electrons. The zero-order valence-electron chi connectivity index (χ0n) is 10.0. The van der Waals surface area contributed by atoms with Gasteiger partial charge in [-0.1, -0.05) is 0 Å². The molecule has 1 atom stereocenters. The van der Waals surface area contributed by atoms with E-state index >= 15 is 0 Å². The highest BCUT2D eigenvalue weighted by atomic mass is 32.1. The summed E-state index contributed by atoms with van der Waals surface area (Å²) in [7, 11) is 0. The first-order valence-corrected chi connectivity index (χ1v) is 7.16. The standard InChI is InChI=1S/C11H16N4O2S/c16-15(17)10-6-13-11(18-10)14(9-3-4-9)7-8-2-1-5-12-8/h6,8-9,12H,1-5,7H2. The first-order chi connectivity index (χ1) is 8.74. The van der Waals surface area contributed by atoms with Crippen molar-refractivity contribution in [1.29, 1.82) is 0 Å². The second kappa shape index (κ2) is 4.81. The molecule has 98 valence electrons. The lowest BCUT2D eigenvalue weighted by molar-refractivity contribution is -0.380. The summed E-state index contributed by atoms with van der Waals surface area (Å²) in [5.74, 6) is 0. The first-order valence-electron chi connectivity index (χ1n) is 6.34. The largest absolute Gasteiger partial charge is 0.345 e. The summed E-state index contributed by atoms with van der Waals surface area (Å²) in [5.41, 5.74) is 0. The van der Waals surface area contributed by atoms with Crippen molar-refractivity contribution in [3.8, 4) is 0 Å². The molecule has 1 unspecified atom stereocenters. The van der Waals surface area contributed by atoms with Gasteiger partial charge in [0.25, 0.3) is 0 Å². The fraction of sp³-hybridized carbons (Fsp3) is 0.727. The number of thiazole rings is 1. The molecule has 1 N–H and O–H groups in total. The summed E-state index contributed by atoms with van der Waals surface area (Å²) in [5, 5.41) is 15.1. The third-order valence-electron chi connectivity index (χ3n) is 3.47. The maximum absolute atomic E-state index is 10.7. The summed E-state index contributed by atoms with van der Waals surface area (Å²) in [6.07, 6.45) is 6.15. The molecule has 3 rings (SSSR count). The minimum Gasteiger partial charge on any atom is -0.343 e. The Labute approximate surface area is 109 Å². The van der Waals surface area contributed by atoms with Crippen molar-refractivity contribution in [2.24, 2.45) is 0 Å². The van der Waals surface area contributed by atoms with Gasteiger partial charge in [0.05, 0.1) is 4.92 Å². The molecule has 1 aliphatic heterocycles. The Morgan fingerprint density at radius 3 is 2.94 bits per heavy atom. The van der Waals surface area contributed by atoms with E-state index in [0.29, 0.717) is 12.1 Å². The highest BCUT2D eigenvalue weighted by molar-refractivity contribution is 7.18. The number of nitrogens with zero attached hydrogens (tertiary/aromatic N) is 3. The van der Waals surface area contributed by atoms with E-state index in [1.165, 1.54) is 43.2 Å². The van der Waals surface area contributed by atoms with Crippen LogP contribution >= 0.6 is 11.3 Å². The molecule has 0 amide bonds. The normalized spacial score (nSPS) is 23.2. The molecule has 2 aliphatic rings. The van der Waals surface area contributed by atoms with Gasteiger partial charge in [-0.15, -0.1) is 0 Å². The van der Waals surface area contributed by atoms with E-state index in [1.54, 1.807) is 0 Å². The van der Waals surface area contributed by atoms with Gasteiger partial charge in [-0.3, -0.25) is 10.1 Å². The van der Waals surface area contributed by atoms with E-state index in [1.807, 2.05) is 0 Å². The number of rotatable bonds is 5. The van der Waals surface area contributed by atoms with Crippen LogP contribution in [0.15, 0.2) is 6.20 Å². The van der Waals surface area contributed by atoms with Gasteiger partial charge in [0.2, 0.25) is 0 Å². The Morgan fingerprint density at radius 1 is 1.56 bits per heavy atom. The van der Waals surface area contributed by atoms with Crippen LogP contribution in [0.4, 0.5) is 10.1 Å². The smallest absolute Gasteiger partial charge is 0.343 e. The topological polar surface area (TPSA) is 71.3 Å². The lowest BCUT2D eigenvalue weighted by Gasteiger charge is -2.24. The molecule has 0 aromatic carbocycles. The number of aromatic nitrogens is 1. The van der Waals surface area contributed by atoms with Crippen LogP contribution in [0.1, 0.15) is 25.7 Å². The maximum Gasteiger partial charge on any atom is 0.345 e. The van der Waals surface area contributed by atoms with Crippen LogP contribution in [0.25, 0.3) is 0 Å². The van der Waals surface area contributed by atoms with E-state index < -0.39 is 0 Å². The Bertz CT molecular complexity index is 440. The van der Waals surface area contributed by atoms with Crippen LogP contribution in [0.3, 0.4) is 0 Å². The first kappa shape index (κ1) is 11.9. The van der Waals surface area contributed by atoms with Gasteiger partial charge in [-0.05, 0) is 43.6 Å². The predicted octanol–water partition coefficient (Wildman–Crippen LogP) is 1.77. The van der Waals surface area contributed by atoms with Crippen molar-refractivity contribution in [2.45, 2.75) is 37.8 Å². The van der Waals surface area contributed by atoms with Crippen LogP contribution in [-0.4, -0.2) is 35.1 Å². The molecule has 1 saturated carbocycles. The van der Waals surface area contributed by atoms with Crippen molar-refractivity contribution < 1.29 is 4.92 Å². The monoisotopic (exact) mass is 268 g/mol. The average molecular weight is 268 g/mol. The van der Waals surface area contributed by atoms with E-state index in [9.17, 15) is 10.1 Å². The van der Waals surface area contributed by atoms with Gasteiger partial charge in [-0.2, -0.15) is 0 Å². The Morgan fingerprint density at radius 2 is 2.39 bits per heavy atom. The van der Waals surface area contributed by atoms with Crippen molar-refractivity contribution in [1.82, 2.24) is 10.3 Å². The molecular formula is C11H16N4O2S. The second-order valence-corrected chi connectivity index (χ2v) is 5.90. The van der Waals surface area contributed by atoms with E-state index in [0.717, 1.165) is 18.2 Å². The molecule has 1 aromatic heterocycles. The molecule has 0 bridgehead atoms. The van der Waals surface area contributed by atoms with Crippen LogP contribution in [-0.2, 0) is 0 Å². The highest BCUT2D eigenvalue weighted by Gasteiger charge is 2.33. The molecule has 0 spiro atoms. The number of anilines is 1. The van der Waals surface area contributed by atoms with Crippen LogP contribution < -0.4 is 10.2 Å². The zero-order chi connectivity index (χ0) is 12.5. The van der Waals surface area contributed by atoms with E-state index in [2.05, 4.69) is 15.2 Å².